The summed E-state index contributed by atoms with van der Waals surface area (Å²) < 4.78 is 30.3. The number of benzene rings is 2. The lowest BCUT2D eigenvalue weighted by molar-refractivity contribution is 0.0947. The Morgan fingerprint density at radius 2 is 1.74 bits per heavy atom. The fraction of sp³-hybridized carbons (Fsp3) is 0.118. The van der Waals surface area contributed by atoms with Gasteiger partial charge >= 0.3 is 0 Å². The number of halogens is 1. The molecule has 0 atom stereocenters. The van der Waals surface area contributed by atoms with Gasteiger partial charge in [-0.05, 0) is 48.5 Å². The number of aromatic nitrogens is 2. The van der Waals surface area contributed by atoms with Gasteiger partial charge in [0.05, 0.1) is 12.8 Å². The minimum absolute atomic E-state index is 0.0716. The van der Waals surface area contributed by atoms with Crippen molar-refractivity contribution in [3.8, 4) is 11.5 Å². The van der Waals surface area contributed by atoms with Gasteiger partial charge in [0.2, 0.25) is 21.8 Å². The van der Waals surface area contributed by atoms with E-state index in [9.17, 15) is 13.2 Å². The van der Waals surface area contributed by atoms with Crippen LogP contribution in [0.3, 0.4) is 0 Å². The van der Waals surface area contributed by atoms with Crippen LogP contribution in [0.5, 0.6) is 0 Å². The fourth-order valence-corrected chi connectivity index (χ4v) is 2.89. The Morgan fingerprint density at radius 3 is 2.37 bits per heavy atom. The molecule has 1 amide bonds. The molecule has 0 saturated heterocycles. The molecule has 0 saturated carbocycles. The van der Waals surface area contributed by atoms with E-state index in [1.807, 2.05) is 0 Å². The van der Waals surface area contributed by atoms with E-state index in [0.29, 0.717) is 21.8 Å². The summed E-state index contributed by atoms with van der Waals surface area (Å²) in [4.78, 5) is 12.1. The Balaban J connectivity index is 1.62. The van der Waals surface area contributed by atoms with Crippen molar-refractivity contribution in [3.05, 3.63) is 65.0 Å². The van der Waals surface area contributed by atoms with Crippen molar-refractivity contribution in [1.82, 2.24) is 15.5 Å². The van der Waals surface area contributed by atoms with Gasteiger partial charge in [0.15, 0.2) is 0 Å². The van der Waals surface area contributed by atoms with E-state index in [1.165, 1.54) is 0 Å². The Kier molecular flexibility index (Phi) is 5.43. The Morgan fingerprint density at radius 1 is 1.07 bits per heavy atom. The molecule has 0 spiro atoms. The molecule has 0 aliphatic heterocycles. The molecule has 0 fully saturated rings. The number of amides is 1. The van der Waals surface area contributed by atoms with E-state index < -0.39 is 10.0 Å². The lowest BCUT2D eigenvalue weighted by atomic mass is 10.2. The third kappa shape index (κ3) is 5.28. The first kappa shape index (κ1) is 18.9. The summed E-state index contributed by atoms with van der Waals surface area (Å²) in [6.45, 7) is 0.0716. The molecule has 10 heteroatoms. The van der Waals surface area contributed by atoms with Crippen molar-refractivity contribution < 1.29 is 17.6 Å². The molecule has 0 unspecified atom stereocenters. The minimum Gasteiger partial charge on any atom is -0.419 e. The van der Waals surface area contributed by atoms with Gasteiger partial charge in [0.1, 0.15) is 0 Å². The van der Waals surface area contributed by atoms with Crippen LogP contribution in [0.15, 0.2) is 52.9 Å². The van der Waals surface area contributed by atoms with Crippen molar-refractivity contribution in [3.63, 3.8) is 0 Å². The predicted octanol–water partition coefficient (Wildman–Crippen LogP) is 2.69. The summed E-state index contributed by atoms with van der Waals surface area (Å²) in [6, 6.07) is 13.0. The fourth-order valence-electron chi connectivity index (χ4n) is 2.20. The molecule has 0 bridgehead atoms. The van der Waals surface area contributed by atoms with Gasteiger partial charge in [0, 0.05) is 21.8 Å². The maximum absolute atomic E-state index is 12.1. The third-order valence-electron chi connectivity index (χ3n) is 3.41. The molecular formula is C17H15ClN4O4S. The topological polar surface area (TPSA) is 114 Å². The van der Waals surface area contributed by atoms with Crippen LogP contribution in [0.1, 0.15) is 16.2 Å². The van der Waals surface area contributed by atoms with Crippen molar-refractivity contribution in [1.29, 1.82) is 0 Å². The van der Waals surface area contributed by atoms with E-state index in [0.717, 1.165) is 6.26 Å². The van der Waals surface area contributed by atoms with Crippen LogP contribution < -0.4 is 10.0 Å². The van der Waals surface area contributed by atoms with Gasteiger partial charge < -0.3 is 9.73 Å². The van der Waals surface area contributed by atoms with E-state index in [1.54, 1.807) is 48.5 Å². The molecule has 3 aromatic rings. The first-order chi connectivity index (χ1) is 12.8. The van der Waals surface area contributed by atoms with E-state index in [4.69, 9.17) is 16.0 Å². The SMILES string of the molecule is CS(=O)(=O)Nc1ccc(-c2nnc(CNC(=O)c3ccc(Cl)cc3)o2)cc1. The first-order valence-corrected chi connectivity index (χ1v) is 10.0. The molecule has 2 N–H and O–H groups in total. The summed E-state index contributed by atoms with van der Waals surface area (Å²) in [5.41, 5.74) is 1.51. The van der Waals surface area contributed by atoms with Crippen LogP contribution in [0.4, 0.5) is 5.69 Å². The number of sulfonamides is 1. The molecule has 2 aromatic carbocycles. The molecule has 1 heterocycles. The number of nitrogens with zero attached hydrogens (tertiary/aromatic N) is 2. The lowest BCUT2D eigenvalue weighted by Gasteiger charge is -2.03. The second-order valence-electron chi connectivity index (χ2n) is 5.64. The summed E-state index contributed by atoms with van der Waals surface area (Å²) in [7, 11) is -3.34. The molecule has 27 heavy (non-hydrogen) atoms. The third-order valence-corrected chi connectivity index (χ3v) is 4.27. The second kappa shape index (κ2) is 7.77. The molecule has 0 aliphatic rings. The number of anilines is 1. The summed E-state index contributed by atoms with van der Waals surface area (Å²) in [5.74, 6) is 0.213. The summed E-state index contributed by atoms with van der Waals surface area (Å²) in [6.07, 6.45) is 1.07. The molecule has 140 valence electrons. The number of nitrogens with one attached hydrogen (secondary N) is 2. The number of carbonyl (C=O) groups is 1. The highest BCUT2D eigenvalue weighted by molar-refractivity contribution is 7.92. The predicted molar refractivity (Wildman–Crippen MR) is 101 cm³/mol. The maximum atomic E-state index is 12.1. The normalized spacial score (nSPS) is 11.2. The van der Waals surface area contributed by atoms with Crippen molar-refractivity contribution in [2.75, 3.05) is 11.0 Å². The summed E-state index contributed by atoms with van der Waals surface area (Å²) >= 11 is 5.79. The highest BCUT2D eigenvalue weighted by atomic mass is 35.5. The molecule has 8 nitrogen and oxygen atoms in total. The second-order valence-corrected chi connectivity index (χ2v) is 7.83. The number of carbonyl (C=O) groups excluding carboxylic acids is 1. The maximum Gasteiger partial charge on any atom is 0.251 e. The number of rotatable bonds is 6. The average molecular weight is 407 g/mol. The molecule has 0 aliphatic carbocycles. The zero-order valence-electron chi connectivity index (χ0n) is 14.1. The Bertz CT molecular complexity index is 1050. The van der Waals surface area contributed by atoms with Crippen LogP contribution in [0.2, 0.25) is 5.02 Å². The van der Waals surface area contributed by atoms with E-state index in [2.05, 4.69) is 20.2 Å². The first-order valence-electron chi connectivity index (χ1n) is 7.74. The Hall–Kier alpha value is -2.91. The zero-order chi connectivity index (χ0) is 19.4. The van der Waals surface area contributed by atoms with E-state index in [-0.39, 0.29) is 24.2 Å². The van der Waals surface area contributed by atoms with Crippen molar-refractivity contribution in [2.45, 2.75) is 6.54 Å². The Labute approximate surface area is 160 Å². The van der Waals surface area contributed by atoms with E-state index >= 15 is 0 Å². The lowest BCUT2D eigenvalue weighted by Crippen LogP contribution is -2.22. The standard InChI is InChI=1S/C17H15ClN4O4S/c1-27(24,25)22-14-8-4-12(5-9-14)17-21-20-15(26-17)10-19-16(23)11-2-6-13(18)7-3-11/h2-9,22H,10H2,1H3,(H,19,23). The number of hydrogen-bond donors (Lipinski definition) is 2. The minimum atomic E-state index is -3.34. The van der Waals surface area contributed by atoms with Gasteiger partial charge in [-0.2, -0.15) is 0 Å². The zero-order valence-corrected chi connectivity index (χ0v) is 15.7. The van der Waals surface area contributed by atoms with Gasteiger partial charge in [-0.3, -0.25) is 9.52 Å². The van der Waals surface area contributed by atoms with Crippen LogP contribution in [-0.2, 0) is 16.6 Å². The smallest absolute Gasteiger partial charge is 0.251 e. The van der Waals surface area contributed by atoms with Gasteiger partial charge in [-0.15, -0.1) is 10.2 Å². The highest BCUT2D eigenvalue weighted by Gasteiger charge is 2.11. The van der Waals surface area contributed by atoms with Crippen molar-refractivity contribution >= 4 is 33.2 Å². The van der Waals surface area contributed by atoms with Crippen LogP contribution in [-0.4, -0.2) is 30.8 Å². The highest BCUT2D eigenvalue weighted by Crippen LogP contribution is 2.20. The molecular weight excluding hydrogens is 392 g/mol. The van der Waals surface area contributed by atoms with Gasteiger partial charge in [0.25, 0.3) is 5.91 Å². The van der Waals surface area contributed by atoms with Crippen LogP contribution >= 0.6 is 11.6 Å². The van der Waals surface area contributed by atoms with Crippen LogP contribution in [0, 0.1) is 0 Å². The van der Waals surface area contributed by atoms with Gasteiger partial charge in [-0.1, -0.05) is 11.6 Å². The van der Waals surface area contributed by atoms with Crippen molar-refractivity contribution in [2.24, 2.45) is 0 Å². The molecule has 0 radical (unpaired) electrons. The van der Waals surface area contributed by atoms with Crippen LogP contribution in [0.25, 0.3) is 11.5 Å². The molecule has 1 aromatic heterocycles. The molecule has 3 rings (SSSR count). The van der Waals surface area contributed by atoms with Gasteiger partial charge in [-0.25, -0.2) is 8.42 Å². The quantitative estimate of drug-likeness (QED) is 0.650. The largest absolute Gasteiger partial charge is 0.419 e. The monoisotopic (exact) mass is 406 g/mol. The number of hydrogen-bond acceptors (Lipinski definition) is 6. The average Bonchev–Trinajstić information content (AvgIpc) is 3.08. The summed E-state index contributed by atoms with van der Waals surface area (Å²) in [5, 5.41) is 11.0.